The van der Waals surface area contributed by atoms with E-state index in [1.54, 1.807) is 18.7 Å². The highest BCUT2D eigenvalue weighted by atomic mass is 16.3. The third-order valence-corrected chi connectivity index (χ3v) is 4.70. The molecular weight excluding hydrogens is 324 g/mol. The lowest BCUT2D eigenvalue weighted by Gasteiger charge is -2.23. The third-order valence-electron chi connectivity index (χ3n) is 4.70. The van der Waals surface area contributed by atoms with Crippen LogP contribution < -0.4 is 4.90 Å². The first kappa shape index (κ1) is 16.2. The van der Waals surface area contributed by atoms with Crippen molar-refractivity contribution in [3.63, 3.8) is 0 Å². The molecular formula is C22H18N2O2. The molecule has 4 nitrogen and oxygen atoms in total. The van der Waals surface area contributed by atoms with Crippen LogP contribution >= 0.6 is 0 Å². The maximum absolute atomic E-state index is 13.2. The second kappa shape index (κ2) is 6.89. The summed E-state index contributed by atoms with van der Waals surface area (Å²) in [4.78, 5) is 19.1. The highest BCUT2D eigenvalue weighted by Gasteiger charge is 2.47. The van der Waals surface area contributed by atoms with Gasteiger partial charge in [0.25, 0.3) is 0 Å². The lowest BCUT2D eigenvalue weighted by atomic mass is 10.1. The van der Waals surface area contributed by atoms with Gasteiger partial charge in [0.05, 0.1) is 12.8 Å². The molecule has 0 N–H and O–H groups in total. The lowest BCUT2D eigenvalue weighted by molar-refractivity contribution is -0.120. The second-order valence-electron chi connectivity index (χ2n) is 6.44. The molecule has 26 heavy (non-hydrogen) atoms. The molecule has 0 unspecified atom stereocenters. The van der Waals surface area contributed by atoms with Crippen LogP contribution in [0, 0.1) is 18.3 Å². The normalized spacial score (nSPS) is 18.1. The Balaban J connectivity index is 1.62. The molecule has 128 valence electrons. The van der Waals surface area contributed by atoms with Crippen molar-refractivity contribution in [1.82, 2.24) is 4.98 Å². The average molecular weight is 342 g/mol. The number of aromatic nitrogens is 1. The predicted octanol–water partition coefficient (Wildman–Crippen LogP) is 3.99. The van der Waals surface area contributed by atoms with Crippen LogP contribution in [0.5, 0.6) is 0 Å². The molecule has 0 aliphatic heterocycles. The Labute approximate surface area is 152 Å². The maximum Gasteiger partial charge on any atom is 0.231 e. The lowest BCUT2D eigenvalue weighted by Crippen LogP contribution is -2.32. The molecule has 1 aliphatic rings. The van der Waals surface area contributed by atoms with Gasteiger partial charge in [-0.15, -0.1) is 6.42 Å². The van der Waals surface area contributed by atoms with Gasteiger partial charge in [-0.25, -0.2) is 0 Å². The van der Waals surface area contributed by atoms with Crippen molar-refractivity contribution in [3.8, 4) is 12.3 Å². The number of hydrogen-bond donors (Lipinski definition) is 0. The van der Waals surface area contributed by atoms with Crippen LogP contribution in [0.4, 0.5) is 5.69 Å². The number of nitrogens with zero attached hydrogens (tertiary/aromatic N) is 2. The predicted molar refractivity (Wildman–Crippen MR) is 99.4 cm³/mol. The van der Waals surface area contributed by atoms with E-state index >= 15 is 0 Å². The van der Waals surface area contributed by atoms with Crippen LogP contribution in [0.2, 0.25) is 0 Å². The van der Waals surface area contributed by atoms with Crippen molar-refractivity contribution in [3.05, 3.63) is 84.1 Å². The van der Waals surface area contributed by atoms with E-state index in [1.807, 2.05) is 53.4 Å². The number of pyridine rings is 1. The van der Waals surface area contributed by atoms with Gasteiger partial charge in [-0.1, -0.05) is 12.0 Å². The highest BCUT2D eigenvalue weighted by Crippen LogP contribution is 2.49. The number of benzene rings is 1. The van der Waals surface area contributed by atoms with Crippen LogP contribution in [-0.2, 0) is 11.3 Å². The average Bonchev–Trinajstić information content (AvgIpc) is 3.31. The van der Waals surface area contributed by atoms with E-state index in [0.717, 1.165) is 29.0 Å². The van der Waals surface area contributed by atoms with E-state index in [-0.39, 0.29) is 17.7 Å². The highest BCUT2D eigenvalue weighted by molar-refractivity contribution is 5.97. The van der Waals surface area contributed by atoms with Gasteiger partial charge < -0.3 is 9.32 Å². The Kier molecular flexibility index (Phi) is 4.28. The zero-order valence-corrected chi connectivity index (χ0v) is 14.2. The molecule has 1 aromatic carbocycles. The van der Waals surface area contributed by atoms with Crippen molar-refractivity contribution in [1.29, 1.82) is 0 Å². The number of furan rings is 1. The standard InChI is InChI=1S/C22H18N2O2/c1-2-16-5-3-6-18(13-16)24(15-17-8-10-23-11-9-17)22(25)20-14-19(20)21-7-4-12-26-21/h1,3-13,19-20H,14-15H2/t19-,20-/m1/s1. The van der Waals surface area contributed by atoms with Gasteiger partial charge in [-0.05, 0) is 54.4 Å². The molecule has 0 spiro atoms. The fourth-order valence-corrected chi connectivity index (χ4v) is 3.22. The summed E-state index contributed by atoms with van der Waals surface area (Å²) in [7, 11) is 0. The van der Waals surface area contributed by atoms with Crippen LogP contribution in [-0.4, -0.2) is 10.9 Å². The summed E-state index contributed by atoms with van der Waals surface area (Å²) in [5, 5.41) is 0. The van der Waals surface area contributed by atoms with Gasteiger partial charge in [0, 0.05) is 35.5 Å². The van der Waals surface area contributed by atoms with Crippen LogP contribution in [0.15, 0.2) is 71.6 Å². The third kappa shape index (κ3) is 3.25. The monoisotopic (exact) mass is 342 g/mol. The summed E-state index contributed by atoms with van der Waals surface area (Å²) >= 11 is 0. The molecule has 0 bridgehead atoms. The molecule has 3 aromatic rings. The van der Waals surface area contributed by atoms with Crippen molar-refractivity contribution < 1.29 is 9.21 Å². The minimum atomic E-state index is -0.0579. The first-order valence-corrected chi connectivity index (χ1v) is 8.56. The van der Waals surface area contributed by atoms with Crippen molar-refractivity contribution in [2.45, 2.75) is 18.9 Å². The van der Waals surface area contributed by atoms with E-state index in [9.17, 15) is 4.79 Å². The Bertz CT molecular complexity index is 942. The molecule has 1 aliphatic carbocycles. The number of amides is 1. The van der Waals surface area contributed by atoms with E-state index in [0.29, 0.717) is 6.54 Å². The van der Waals surface area contributed by atoms with Gasteiger partial charge in [0.15, 0.2) is 0 Å². The van der Waals surface area contributed by atoms with Crippen molar-refractivity contribution in [2.24, 2.45) is 5.92 Å². The number of carbonyl (C=O) groups is 1. The zero-order valence-electron chi connectivity index (χ0n) is 14.2. The van der Waals surface area contributed by atoms with Crippen molar-refractivity contribution >= 4 is 11.6 Å². The Hall–Kier alpha value is -3.32. The number of rotatable bonds is 5. The minimum absolute atomic E-state index is 0.0579. The van der Waals surface area contributed by atoms with Crippen LogP contribution in [0.25, 0.3) is 0 Å². The number of terminal acetylenes is 1. The van der Waals surface area contributed by atoms with E-state index in [2.05, 4.69) is 10.9 Å². The Morgan fingerprint density at radius 2 is 2.08 bits per heavy atom. The molecule has 2 atom stereocenters. The Morgan fingerprint density at radius 3 is 2.81 bits per heavy atom. The quantitative estimate of drug-likeness (QED) is 0.659. The van der Waals surface area contributed by atoms with Gasteiger partial charge >= 0.3 is 0 Å². The minimum Gasteiger partial charge on any atom is -0.469 e. The molecule has 1 saturated carbocycles. The van der Waals surface area contributed by atoms with E-state index < -0.39 is 0 Å². The maximum atomic E-state index is 13.2. The van der Waals surface area contributed by atoms with Gasteiger partial charge in [0.2, 0.25) is 5.91 Å². The second-order valence-corrected chi connectivity index (χ2v) is 6.44. The zero-order chi connectivity index (χ0) is 17.9. The molecule has 0 saturated heterocycles. The largest absolute Gasteiger partial charge is 0.469 e. The fourth-order valence-electron chi connectivity index (χ4n) is 3.22. The number of carbonyl (C=O) groups excluding carboxylic acids is 1. The number of anilines is 1. The summed E-state index contributed by atoms with van der Waals surface area (Å²) in [6, 6.07) is 15.2. The van der Waals surface area contributed by atoms with E-state index in [4.69, 9.17) is 10.8 Å². The number of hydrogen-bond acceptors (Lipinski definition) is 3. The summed E-state index contributed by atoms with van der Waals surface area (Å²) in [5.41, 5.74) is 2.59. The summed E-state index contributed by atoms with van der Waals surface area (Å²) < 4.78 is 5.47. The Morgan fingerprint density at radius 1 is 1.23 bits per heavy atom. The molecule has 1 amide bonds. The summed E-state index contributed by atoms with van der Waals surface area (Å²) in [6.07, 6.45) is 11.5. The molecule has 0 radical (unpaired) electrons. The first-order chi connectivity index (χ1) is 12.8. The molecule has 1 fully saturated rings. The van der Waals surface area contributed by atoms with Crippen LogP contribution in [0.1, 0.15) is 29.2 Å². The first-order valence-electron chi connectivity index (χ1n) is 8.56. The molecule has 4 heteroatoms. The topological polar surface area (TPSA) is 46.3 Å². The summed E-state index contributed by atoms with van der Waals surface area (Å²) in [6.45, 7) is 0.483. The molecule has 2 aromatic heterocycles. The van der Waals surface area contributed by atoms with Gasteiger partial charge in [-0.2, -0.15) is 0 Å². The van der Waals surface area contributed by atoms with Gasteiger partial charge in [0.1, 0.15) is 5.76 Å². The van der Waals surface area contributed by atoms with Crippen LogP contribution in [0.3, 0.4) is 0 Å². The van der Waals surface area contributed by atoms with Gasteiger partial charge in [-0.3, -0.25) is 9.78 Å². The summed E-state index contributed by atoms with van der Waals surface area (Å²) in [5.74, 6) is 3.71. The van der Waals surface area contributed by atoms with E-state index in [1.165, 1.54) is 0 Å². The van der Waals surface area contributed by atoms with Crippen molar-refractivity contribution in [2.75, 3.05) is 4.90 Å². The molecule has 4 rings (SSSR count). The smallest absolute Gasteiger partial charge is 0.231 e. The SMILES string of the molecule is C#Cc1cccc(N(Cc2ccncc2)C(=O)[C@@H]2C[C@H]2c2ccco2)c1. The molecule has 2 heterocycles. The fraction of sp³-hybridized carbons (Fsp3) is 0.182.